The molecule has 3 aromatic carbocycles. The Morgan fingerprint density at radius 2 is 1.27 bits per heavy atom. The number of oxazole rings is 1. The summed E-state index contributed by atoms with van der Waals surface area (Å²) >= 11 is 0. The summed E-state index contributed by atoms with van der Waals surface area (Å²) in [6, 6.07) is 18.8. The zero-order valence-corrected chi connectivity index (χ0v) is 27.6. The van der Waals surface area contributed by atoms with Crippen molar-refractivity contribution >= 4 is 11.1 Å². The molecule has 6 aromatic rings. The second-order valence-corrected chi connectivity index (χ2v) is 11.5. The Morgan fingerprint density at radius 3 is 1.85 bits per heavy atom. The summed E-state index contributed by atoms with van der Waals surface area (Å²) in [5.74, 6) is 1.93. The van der Waals surface area contributed by atoms with Crippen LogP contribution < -0.4 is 32.0 Å². The molecule has 0 radical (unpaired) electrons. The van der Waals surface area contributed by atoms with Gasteiger partial charge in [-0.15, -0.1) is 0 Å². The van der Waals surface area contributed by atoms with Gasteiger partial charge in [0.05, 0.1) is 11.1 Å². The van der Waals surface area contributed by atoms with Crippen LogP contribution in [0.25, 0.3) is 11.1 Å². The van der Waals surface area contributed by atoms with E-state index in [0.29, 0.717) is 52.5 Å². The number of nitrogens with one attached hydrogen (secondary N) is 3. The van der Waals surface area contributed by atoms with Crippen molar-refractivity contribution in [1.29, 1.82) is 0 Å². The van der Waals surface area contributed by atoms with Crippen molar-refractivity contribution < 1.29 is 13.9 Å². The topological polar surface area (TPSA) is 165 Å². The molecule has 48 heavy (non-hydrogen) atoms. The number of aromatic amines is 3. The Hall–Kier alpha value is -5.91. The summed E-state index contributed by atoms with van der Waals surface area (Å²) < 4.78 is 18.8. The Labute approximate surface area is 275 Å². The van der Waals surface area contributed by atoms with Crippen LogP contribution in [-0.2, 0) is 19.4 Å². The molecule has 0 bridgehead atoms. The van der Waals surface area contributed by atoms with Crippen LogP contribution in [0.4, 0.5) is 0 Å². The maximum absolute atomic E-state index is 12.6. The van der Waals surface area contributed by atoms with Gasteiger partial charge in [-0.1, -0.05) is 38.1 Å². The van der Waals surface area contributed by atoms with E-state index in [4.69, 9.17) is 13.9 Å². The van der Waals surface area contributed by atoms with Crippen molar-refractivity contribution in [2.24, 2.45) is 0 Å². The van der Waals surface area contributed by atoms with Crippen LogP contribution in [-0.4, -0.2) is 24.5 Å². The first-order chi connectivity index (χ1) is 22.9. The first-order valence-corrected chi connectivity index (χ1v) is 15.5. The first kappa shape index (κ1) is 33.5. The van der Waals surface area contributed by atoms with Crippen LogP contribution in [0.15, 0.2) is 84.3 Å². The molecule has 12 heteroatoms. The van der Waals surface area contributed by atoms with E-state index in [1.807, 2.05) is 102 Å². The molecule has 0 saturated carbocycles. The summed E-state index contributed by atoms with van der Waals surface area (Å²) in [6.07, 6.45) is 0.884. The quantitative estimate of drug-likeness (QED) is 0.188. The summed E-state index contributed by atoms with van der Waals surface area (Å²) in [5.41, 5.74) is 4.30. The van der Waals surface area contributed by atoms with Crippen molar-refractivity contribution in [3.05, 3.63) is 142 Å². The molecule has 3 aromatic heterocycles. The number of hydrogen-bond acceptors (Lipinski definition) is 8. The second kappa shape index (κ2) is 14.2. The molecular weight excluding hydrogens is 614 g/mol. The van der Waals surface area contributed by atoms with Gasteiger partial charge >= 0.3 is 11.4 Å². The fourth-order valence-electron chi connectivity index (χ4n) is 5.40. The van der Waals surface area contributed by atoms with Crippen LogP contribution in [0.2, 0.25) is 0 Å². The van der Waals surface area contributed by atoms with E-state index in [-0.39, 0.29) is 18.3 Å². The van der Waals surface area contributed by atoms with Gasteiger partial charge in [0.1, 0.15) is 23.6 Å². The number of nitrogens with zero attached hydrogens (tertiary/aromatic N) is 2. The van der Waals surface area contributed by atoms with E-state index in [1.54, 1.807) is 0 Å². The minimum absolute atomic E-state index is 0.0391. The van der Waals surface area contributed by atoms with Gasteiger partial charge in [-0.25, -0.2) is 14.6 Å². The number of H-pyrrole nitrogens is 3. The second-order valence-electron chi connectivity index (χ2n) is 11.5. The Balaban J connectivity index is 0.000000206. The molecule has 0 aliphatic heterocycles. The van der Waals surface area contributed by atoms with Gasteiger partial charge in [-0.3, -0.25) is 29.1 Å². The lowest BCUT2D eigenvalue weighted by molar-refractivity contribution is 0.398. The van der Waals surface area contributed by atoms with Gasteiger partial charge in [0.25, 0.3) is 11.1 Å². The lowest BCUT2D eigenvalue weighted by Gasteiger charge is -2.15. The molecular formula is C36H37N5O7. The van der Waals surface area contributed by atoms with Crippen LogP contribution in [0, 0.1) is 27.7 Å². The summed E-state index contributed by atoms with van der Waals surface area (Å²) in [5, 5.41) is 0. The molecule has 0 fully saturated rings. The van der Waals surface area contributed by atoms with E-state index in [0.717, 1.165) is 22.3 Å². The number of hydrogen-bond donors (Lipinski definition) is 3. The highest BCUT2D eigenvalue weighted by Crippen LogP contribution is 2.26. The molecule has 0 amide bonds. The largest absolute Gasteiger partial charge is 0.440 e. The maximum atomic E-state index is 12.6. The first-order valence-electron chi connectivity index (χ1n) is 15.5. The third-order valence-corrected chi connectivity index (χ3v) is 7.41. The van der Waals surface area contributed by atoms with Crippen molar-refractivity contribution in [1.82, 2.24) is 24.5 Å². The number of aryl methyl sites for hydroxylation is 4. The van der Waals surface area contributed by atoms with Crippen molar-refractivity contribution in [3.8, 4) is 23.3 Å². The molecule has 0 saturated heterocycles. The standard InChI is InChI=1S/C22H21N3O4.C14H16N2O3/c1-4-16-20(26)24-22(27)25(12-19-23-17-7-5-6-8-18(17)29-19)21(16)28-15-10-13(2)9-14(3)11-15;1-4-11-12(17)15-14(18)16-13(11)19-10-6-8(2)5-9(3)7-10/h5-11H,4,12H2,1-3H3,(H,24,26,27);5-7H,4H2,1-3H3,(H2,15,16,17,18). The summed E-state index contributed by atoms with van der Waals surface area (Å²) in [7, 11) is 0. The lowest BCUT2D eigenvalue weighted by Crippen LogP contribution is -2.33. The molecule has 3 N–H and O–H groups in total. The molecule has 6 rings (SSSR count). The predicted molar refractivity (Wildman–Crippen MR) is 183 cm³/mol. The van der Waals surface area contributed by atoms with Crippen LogP contribution in [0.5, 0.6) is 23.3 Å². The number of fused-ring (bicyclic) bond motifs is 1. The molecule has 248 valence electrons. The van der Waals surface area contributed by atoms with Crippen molar-refractivity contribution in [3.63, 3.8) is 0 Å². The van der Waals surface area contributed by atoms with E-state index >= 15 is 0 Å². The van der Waals surface area contributed by atoms with Crippen molar-refractivity contribution in [2.45, 2.75) is 60.9 Å². The zero-order chi connectivity index (χ0) is 34.5. The van der Waals surface area contributed by atoms with Gasteiger partial charge in [-0.05, 0) is 99.2 Å². The molecule has 0 atom stereocenters. The highest BCUT2D eigenvalue weighted by molar-refractivity contribution is 5.72. The highest BCUT2D eigenvalue weighted by atomic mass is 16.5. The minimum Gasteiger partial charge on any atom is -0.440 e. The average molecular weight is 652 g/mol. The number of benzene rings is 3. The predicted octanol–water partition coefficient (Wildman–Crippen LogP) is 5.73. The van der Waals surface area contributed by atoms with E-state index in [9.17, 15) is 19.2 Å². The fourth-order valence-corrected chi connectivity index (χ4v) is 5.40. The zero-order valence-electron chi connectivity index (χ0n) is 27.6. The van der Waals surface area contributed by atoms with Gasteiger partial charge in [0.2, 0.25) is 17.7 Å². The minimum atomic E-state index is -0.575. The molecule has 0 spiro atoms. The summed E-state index contributed by atoms with van der Waals surface area (Å²) in [6.45, 7) is 11.6. The SMILES string of the molecule is CCc1c(Oc2cc(C)cc(C)c2)[nH]c(=O)[nH]c1=O.CCc1c(Oc2cc(C)cc(C)c2)n(Cc2nc3ccccc3o2)c(=O)[nH]c1=O. The normalized spacial score (nSPS) is 10.9. The van der Waals surface area contributed by atoms with Gasteiger partial charge < -0.3 is 13.9 Å². The van der Waals surface area contributed by atoms with Crippen molar-refractivity contribution in [2.75, 3.05) is 0 Å². The molecule has 3 heterocycles. The average Bonchev–Trinajstić information content (AvgIpc) is 3.41. The van der Waals surface area contributed by atoms with E-state index < -0.39 is 22.5 Å². The third kappa shape index (κ3) is 7.72. The Bertz CT molecular complexity index is 2270. The summed E-state index contributed by atoms with van der Waals surface area (Å²) in [4.78, 5) is 59.5. The Morgan fingerprint density at radius 1 is 0.708 bits per heavy atom. The number of rotatable bonds is 8. The molecule has 0 aliphatic carbocycles. The highest BCUT2D eigenvalue weighted by Gasteiger charge is 2.19. The Kier molecular flexibility index (Phi) is 9.93. The number of para-hydroxylation sites is 2. The van der Waals surface area contributed by atoms with Crippen LogP contribution in [0.3, 0.4) is 0 Å². The third-order valence-electron chi connectivity index (χ3n) is 7.41. The lowest BCUT2D eigenvalue weighted by atomic mass is 10.1. The van der Waals surface area contributed by atoms with Gasteiger partial charge in [-0.2, -0.15) is 0 Å². The molecule has 0 aliphatic rings. The maximum Gasteiger partial charge on any atom is 0.331 e. The van der Waals surface area contributed by atoms with E-state index in [1.165, 1.54) is 4.57 Å². The number of ether oxygens (including phenoxy) is 2. The molecule has 0 unspecified atom stereocenters. The monoisotopic (exact) mass is 651 g/mol. The van der Waals surface area contributed by atoms with Crippen LogP contribution in [0.1, 0.15) is 53.1 Å². The van der Waals surface area contributed by atoms with Crippen LogP contribution >= 0.6 is 0 Å². The van der Waals surface area contributed by atoms with E-state index in [2.05, 4.69) is 19.9 Å². The molecule has 12 nitrogen and oxygen atoms in total. The van der Waals surface area contributed by atoms with Gasteiger partial charge in [0, 0.05) is 0 Å². The smallest absolute Gasteiger partial charge is 0.331 e. The van der Waals surface area contributed by atoms with Gasteiger partial charge in [0.15, 0.2) is 5.58 Å². The fraction of sp³-hybridized carbons (Fsp3) is 0.250. The number of aromatic nitrogens is 5.